The largest absolute Gasteiger partial charge is 0.446 e. The van der Waals surface area contributed by atoms with Gasteiger partial charge in [-0.1, -0.05) is 12.1 Å². The van der Waals surface area contributed by atoms with Crippen molar-refractivity contribution >= 4 is 27.8 Å². The summed E-state index contributed by atoms with van der Waals surface area (Å²) < 4.78 is 31.9. The van der Waals surface area contributed by atoms with E-state index in [-0.39, 0.29) is 17.1 Å². The molecule has 0 atom stereocenters. The molecule has 1 aromatic rings. The molecule has 0 aliphatic heterocycles. The number of amides is 1. The van der Waals surface area contributed by atoms with Crippen LogP contribution in [-0.4, -0.2) is 26.5 Å². The monoisotopic (exact) mass is 300 g/mol. The second-order valence-electron chi connectivity index (χ2n) is 4.12. The van der Waals surface area contributed by atoms with Gasteiger partial charge in [-0.05, 0) is 26.0 Å². The second-order valence-corrected chi connectivity index (χ2v) is 5.54. The van der Waals surface area contributed by atoms with E-state index in [0.29, 0.717) is 0 Å². The number of nitrogen functional groups attached to an aromatic ring is 1. The van der Waals surface area contributed by atoms with Gasteiger partial charge in [0, 0.05) is 5.56 Å². The predicted molar refractivity (Wildman–Crippen MR) is 74.8 cm³/mol. The third kappa shape index (κ3) is 4.76. The van der Waals surface area contributed by atoms with Crippen molar-refractivity contribution in [1.29, 1.82) is 5.41 Å². The molecule has 0 unspecified atom stereocenters. The normalized spacial score (nSPS) is 10.9. The van der Waals surface area contributed by atoms with Crippen LogP contribution >= 0.6 is 0 Å². The van der Waals surface area contributed by atoms with Crippen molar-refractivity contribution in [2.24, 2.45) is 5.73 Å². The Morgan fingerprint density at radius 2 is 1.95 bits per heavy atom. The lowest BCUT2D eigenvalue weighted by molar-refractivity contribution is 0.121. The Kier molecular flexibility index (Phi) is 4.92. The first kappa shape index (κ1) is 15.8. The number of nitrogens with two attached hydrogens (primary N) is 1. The SMILES string of the molecule is CC(C)OC(=O)NS(=O)(=O)Nc1ccccc1C(=N)N. The van der Waals surface area contributed by atoms with Gasteiger partial charge in [0.2, 0.25) is 0 Å². The first-order valence-electron chi connectivity index (χ1n) is 5.66. The molecule has 0 bridgehead atoms. The maximum absolute atomic E-state index is 11.7. The van der Waals surface area contributed by atoms with Crippen LogP contribution in [-0.2, 0) is 14.9 Å². The van der Waals surface area contributed by atoms with Crippen molar-refractivity contribution in [1.82, 2.24) is 4.72 Å². The number of carbonyl (C=O) groups is 1. The van der Waals surface area contributed by atoms with Gasteiger partial charge in [-0.25, -0.2) is 9.52 Å². The second kappa shape index (κ2) is 6.24. The Hall–Kier alpha value is -2.29. The smallest absolute Gasteiger partial charge is 0.422 e. The van der Waals surface area contributed by atoms with E-state index >= 15 is 0 Å². The molecule has 0 fully saturated rings. The molecule has 0 aromatic heterocycles. The summed E-state index contributed by atoms with van der Waals surface area (Å²) in [5.74, 6) is -0.298. The van der Waals surface area contributed by atoms with Crippen molar-refractivity contribution in [3.63, 3.8) is 0 Å². The van der Waals surface area contributed by atoms with Gasteiger partial charge in [-0.2, -0.15) is 8.42 Å². The standard InChI is InChI=1S/C11H16N4O4S/c1-7(2)19-11(16)15-20(17,18)14-9-6-4-3-5-8(9)10(12)13/h3-7,14H,1-2H3,(H3,12,13)(H,15,16). The zero-order chi connectivity index (χ0) is 15.3. The molecule has 0 aliphatic carbocycles. The van der Waals surface area contributed by atoms with Gasteiger partial charge in [0.1, 0.15) is 5.84 Å². The Balaban J connectivity index is 2.87. The van der Waals surface area contributed by atoms with E-state index in [9.17, 15) is 13.2 Å². The van der Waals surface area contributed by atoms with Crippen molar-refractivity contribution in [3.05, 3.63) is 29.8 Å². The molecule has 0 saturated heterocycles. The number of ether oxygens (including phenoxy) is 1. The van der Waals surface area contributed by atoms with Gasteiger partial charge >= 0.3 is 16.3 Å². The molecule has 8 nitrogen and oxygen atoms in total. The van der Waals surface area contributed by atoms with Gasteiger partial charge in [-0.15, -0.1) is 0 Å². The number of hydrogen-bond donors (Lipinski definition) is 4. The molecule has 0 spiro atoms. The number of rotatable bonds is 5. The van der Waals surface area contributed by atoms with Gasteiger partial charge in [0.15, 0.2) is 0 Å². The van der Waals surface area contributed by atoms with E-state index < -0.39 is 22.4 Å². The first-order chi connectivity index (χ1) is 9.21. The highest BCUT2D eigenvalue weighted by atomic mass is 32.2. The summed E-state index contributed by atoms with van der Waals surface area (Å²) >= 11 is 0. The molecule has 110 valence electrons. The average Bonchev–Trinajstić information content (AvgIpc) is 2.26. The maximum Gasteiger partial charge on any atom is 0.422 e. The third-order valence-electron chi connectivity index (χ3n) is 2.02. The van der Waals surface area contributed by atoms with E-state index in [4.69, 9.17) is 11.1 Å². The molecule has 5 N–H and O–H groups in total. The fraction of sp³-hybridized carbons (Fsp3) is 0.273. The van der Waals surface area contributed by atoms with E-state index in [1.807, 2.05) is 0 Å². The lowest BCUT2D eigenvalue weighted by Crippen LogP contribution is -2.37. The van der Waals surface area contributed by atoms with Crippen molar-refractivity contribution in [3.8, 4) is 0 Å². The molecule has 0 radical (unpaired) electrons. The summed E-state index contributed by atoms with van der Waals surface area (Å²) in [6.07, 6.45) is -1.54. The summed E-state index contributed by atoms with van der Waals surface area (Å²) in [7, 11) is -4.16. The lowest BCUT2D eigenvalue weighted by atomic mass is 10.2. The number of amidine groups is 1. The fourth-order valence-electron chi connectivity index (χ4n) is 1.33. The minimum atomic E-state index is -4.16. The minimum absolute atomic E-state index is 0.0878. The number of benzene rings is 1. The molecule has 9 heteroatoms. The molecule has 20 heavy (non-hydrogen) atoms. The lowest BCUT2D eigenvalue weighted by Gasteiger charge is -2.13. The molecule has 0 aliphatic rings. The van der Waals surface area contributed by atoms with Crippen LogP contribution in [0.3, 0.4) is 0 Å². The molecule has 1 amide bonds. The Morgan fingerprint density at radius 3 is 2.50 bits per heavy atom. The highest BCUT2D eigenvalue weighted by Crippen LogP contribution is 2.15. The van der Waals surface area contributed by atoms with Crippen molar-refractivity contribution in [2.75, 3.05) is 4.72 Å². The molecular formula is C11H16N4O4S. The Morgan fingerprint density at radius 1 is 1.35 bits per heavy atom. The Labute approximate surface area is 117 Å². The van der Waals surface area contributed by atoms with Crippen LogP contribution in [0.15, 0.2) is 24.3 Å². The number of hydrogen-bond acceptors (Lipinski definition) is 5. The molecular weight excluding hydrogens is 284 g/mol. The van der Waals surface area contributed by atoms with Gasteiger partial charge in [-0.3, -0.25) is 10.1 Å². The van der Waals surface area contributed by atoms with Crippen LogP contribution in [0.2, 0.25) is 0 Å². The summed E-state index contributed by atoms with van der Waals surface area (Å²) in [4.78, 5) is 11.3. The van der Waals surface area contributed by atoms with Crippen LogP contribution in [0.1, 0.15) is 19.4 Å². The molecule has 0 heterocycles. The maximum atomic E-state index is 11.7. The van der Waals surface area contributed by atoms with E-state index in [1.54, 1.807) is 30.7 Å². The van der Waals surface area contributed by atoms with E-state index in [0.717, 1.165) is 0 Å². The summed E-state index contributed by atoms with van der Waals surface area (Å²) in [6.45, 7) is 3.18. The number of nitrogens with one attached hydrogen (secondary N) is 3. The quantitative estimate of drug-likeness (QED) is 0.470. The van der Waals surface area contributed by atoms with E-state index in [1.165, 1.54) is 12.1 Å². The molecule has 1 rings (SSSR count). The van der Waals surface area contributed by atoms with Gasteiger partial charge in [0.25, 0.3) is 0 Å². The highest BCUT2D eigenvalue weighted by Gasteiger charge is 2.18. The number of para-hydroxylation sites is 1. The molecule has 1 aromatic carbocycles. The fourth-order valence-corrected chi connectivity index (χ4v) is 2.11. The van der Waals surface area contributed by atoms with Crippen molar-refractivity contribution < 1.29 is 17.9 Å². The highest BCUT2D eigenvalue weighted by molar-refractivity contribution is 7.91. The van der Waals surface area contributed by atoms with Gasteiger partial charge < -0.3 is 10.5 Å². The van der Waals surface area contributed by atoms with Gasteiger partial charge in [0.05, 0.1) is 11.8 Å². The topological polar surface area (TPSA) is 134 Å². The zero-order valence-electron chi connectivity index (χ0n) is 11.0. The first-order valence-corrected chi connectivity index (χ1v) is 7.14. The summed E-state index contributed by atoms with van der Waals surface area (Å²) in [6, 6.07) is 6.07. The predicted octanol–water partition coefficient (Wildman–Crippen LogP) is 0.762. The van der Waals surface area contributed by atoms with Crippen LogP contribution in [0, 0.1) is 5.41 Å². The van der Waals surface area contributed by atoms with Crippen LogP contribution in [0.5, 0.6) is 0 Å². The molecule has 0 saturated carbocycles. The zero-order valence-corrected chi connectivity index (χ0v) is 11.8. The third-order valence-corrected chi connectivity index (χ3v) is 2.95. The summed E-state index contributed by atoms with van der Waals surface area (Å²) in [5, 5.41) is 7.35. The van der Waals surface area contributed by atoms with Crippen LogP contribution < -0.4 is 15.2 Å². The van der Waals surface area contributed by atoms with E-state index in [2.05, 4.69) is 9.46 Å². The number of anilines is 1. The van der Waals surface area contributed by atoms with Crippen LogP contribution in [0.4, 0.5) is 10.5 Å². The van der Waals surface area contributed by atoms with Crippen molar-refractivity contribution in [2.45, 2.75) is 20.0 Å². The minimum Gasteiger partial charge on any atom is -0.446 e. The Bertz CT molecular complexity index is 613. The average molecular weight is 300 g/mol. The van der Waals surface area contributed by atoms with Crippen LogP contribution in [0.25, 0.3) is 0 Å². The number of carbonyl (C=O) groups excluding carboxylic acids is 1. The summed E-state index contributed by atoms with van der Waals surface area (Å²) in [5.41, 5.74) is 5.63.